The number of H-pyrrole nitrogens is 2. The summed E-state index contributed by atoms with van der Waals surface area (Å²) in [5, 5.41) is 7.72. The summed E-state index contributed by atoms with van der Waals surface area (Å²) in [6, 6.07) is 1.60. The summed E-state index contributed by atoms with van der Waals surface area (Å²) in [4.78, 5) is 17.1. The number of rotatable bonds is 5. The molecular weight excluding hydrogens is 292 g/mol. The number of nitrogens with zero attached hydrogens (tertiary/aromatic N) is 2. The quantitative estimate of drug-likeness (QED) is 0.828. The number of pyridine rings is 1. The van der Waals surface area contributed by atoms with Gasteiger partial charge in [-0.25, -0.2) is 0 Å². The van der Waals surface area contributed by atoms with Gasteiger partial charge in [-0.05, 0) is 38.3 Å². The van der Waals surface area contributed by atoms with Crippen LogP contribution >= 0.6 is 0 Å². The molecule has 23 heavy (non-hydrogen) atoms. The lowest BCUT2D eigenvalue weighted by Crippen LogP contribution is -2.20. The van der Waals surface area contributed by atoms with Gasteiger partial charge in [0, 0.05) is 36.7 Å². The Labute approximate surface area is 135 Å². The number of aryl methyl sites for hydroxylation is 1. The Kier molecular flexibility index (Phi) is 4.81. The standard InChI is InChI=1S/C17H24N4O2/c1-21(10-12-8-16(22)17(23-2)9-18-12)11-15-13-6-4-3-5-7-14(13)19-20-15/h8-9H,3-7,10-11H2,1-2H3,(H,18,22)(H,19,20). The van der Waals surface area contributed by atoms with Crippen molar-refractivity contribution in [1.82, 2.24) is 20.1 Å². The summed E-state index contributed by atoms with van der Waals surface area (Å²) < 4.78 is 4.99. The molecule has 0 saturated heterocycles. The third kappa shape index (κ3) is 3.64. The van der Waals surface area contributed by atoms with E-state index in [4.69, 9.17) is 4.74 Å². The number of hydrogen-bond acceptors (Lipinski definition) is 4. The molecular formula is C17H24N4O2. The lowest BCUT2D eigenvalue weighted by molar-refractivity contribution is 0.309. The van der Waals surface area contributed by atoms with Crippen molar-refractivity contribution in [1.29, 1.82) is 0 Å². The molecule has 0 bridgehead atoms. The van der Waals surface area contributed by atoms with Gasteiger partial charge < -0.3 is 9.72 Å². The average Bonchev–Trinajstić information content (AvgIpc) is 2.75. The van der Waals surface area contributed by atoms with E-state index in [2.05, 4.69) is 20.1 Å². The first-order valence-electron chi connectivity index (χ1n) is 8.16. The van der Waals surface area contributed by atoms with E-state index in [1.165, 1.54) is 37.6 Å². The fraction of sp³-hybridized carbons (Fsp3) is 0.529. The highest BCUT2D eigenvalue weighted by Crippen LogP contribution is 2.22. The van der Waals surface area contributed by atoms with E-state index in [-0.39, 0.29) is 5.43 Å². The summed E-state index contributed by atoms with van der Waals surface area (Å²) >= 11 is 0. The molecule has 0 amide bonds. The molecule has 2 aromatic rings. The van der Waals surface area contributed by atoms with Crippen molar-refractivity contribution in [2.45, 2.75) is 45.2 Å². The van der Waals surface area contributed by atoms with E-state index in [9.17, 15) is 4.79 Å². The van der Waals surface area contributed by atoms with E-state index in [0.717, 1.165) is 30.8 Å². The molecule has 2 heterocycles. The monoisotopic (exact) mass is 316 g/mol. The molecule has 0 unspecified atom stereocenters. The van der Waals surface area contributed by atoms with Gasteiger partial charge in [-0.3, -0.25) is 14.8 Å². The van der Waals surface area contributed by atoms with E-state index in [1.807, 2.05) is 7.05 Å². The fourth-order valence-electron chi connectivity index (χ4n) is 3.21. The summed E-state index contributed by atoms with van der Waals surface area (Å²) in [6.07, 6.45) is 7.63. The second-order valence-corrected chi connectivity index (χ2v) is 6.25. The van der Waals surface area contributed by atoms with Crippen LogP contribution in [0.5, 0.6) is 5.75 Å². The van der Waals surface area contributed by atoms with Crippen LogP contribution in [0.15, 0.2) is 17.1 Å². The smallest absolute Gasteiger partial charge is 0.223 e. The van der Waals surface area contributed by atoms with Crippen LogP contribution in [0.1, 0.15) is 41.9 Å². The third-order valence-electron chi connectivity index (χ3n) is 4.41. The van der Waals surface area contributed by atoms with Crippen molar-refractivity contribution < 1.29 is 4.74 Å². The van der Waals surface area contributed by atoms with Crippen molar-refractivity contribution in [3.63, 3.8) is 0 Å². The predicted octanol–water partition coefficient (Wildman–Crippen LogP) is 2.01. The van der Waals surface area contributed by atoms with Crippen LogP contribution in [-0.2, 0) is 25.9 Å². The Morgan fingerprint density at radius 3 is 2.87 bits per heavy atom. The fourth-order valence-corrected chi connectivity index (χ4v) is 3.21. The van der Waals surface area contributed by atoms with E-state index in [0.29, 0.717) is 12.3 Å². The SMILES string of the molecule is COc1c[nH]c(CN(C)Cc2n[nH]c3c2CCCCC3)cc1=O. The van der Waals surface area contributed by atoms with Gasteiger partial charge in [-0.2, -0.15) is 5.10 Å². The van der Waals surface area contributed by atoms with Crippen LogP contribution in [0.4, 0.5) is 0 Å². The van der Waals surface area contributed by atoms with E-state index >= 15 is 0 Å². The number of aromatic amines is 2. The van der Waals surface area contributed by atoms with E-state index < -0.39 is 0 Å². The van der Waals surface area contributed by atoms with Crippen molar-refractivity contribution >= 4 is 0 Å². The number of fused-ring (bicyclic) bond motifs is 1. The average molecular weight is 316 g/mol. The predicted molar refractivity (Wildman–Crippen MR) is 88.6 cm³/mol. The molecule has 1 aliphatic carbocycles. The molecule has 0 aromatic carbocycles. The second kappa shape index (κ2) is 7.00. The zero-order chi connectivity index (χ0) is 16.2. The Hall–Kier alpha value is -2.08. The normalized spacial score (nSPS) is 14.6. The zero-order valence-corrected chi connectivity index (χ0v) is 13.8. The highest BCUT2D eigenvalue weighted by molar-refractivity contribution is 5.27. The van der Waals surface area contributed by atoms with Crippen molar-refractivity contribution in [2.24, 2.45) is 0 Å². The van der Waals surface area contributed by atoms with Crippen molar-refractivity contribution in [3.8, 4) is 5.75 Å². The maximum Gasteiger partial charge on any atom is 0.223 e. The molecule has 0 aliphatic heterocycles. The van der Waals surface area contributed by atoms with E-state index in [1.54, 1.807) is 12.3 Å². The van der Waals surface area contributed by atoms with Gasteiger partial charge in [0.1, 0.15) is 0 Å². The van der Waals surface area contributed by atoms with Crippen molar-refractivity contribution in [3.05, 3.63) is 45.1 Å². The minimum Gasteiger partial charge on any atom is -0.491 e. The Balaban J connectivity index is 1.68. The van der Waals surface area contributed by atoms with Crippen LogP contribution in [-0.4, -0.2) is 34.2 Å². The van der Waals surface area contributed by atoms with Crippen LogP contribution < -0.4 is 10.2 Å². The number of ether oxygens (including phenoxy) is 1. The Morgan fingerprint density at radius 1 is 1.26 bits per heavy atom. The number of nitrogens with one attached hydrogen (secondary N) is 2. The first-order valence-corrected chi connectivity index (χ1v) is 8.16. The highest BCUT2D eigenvalue weighted by Gasteiger charge is 2.17. The summed E-state index contributed by atoms with van der Waals surface area (Å²) in [6.45, 7) is 1.45. The molecule has 2 aromatic heterocycles. The van der Waals surface area contributed by atoms with Gasteiger partial charge in [0.2, 0.25) is 5.43 Å². The molecule has 124 valence electrons. The largest absolute Gasteiger partial charge is 0.491 e. The highest BCUT2D eigenvalue weighted by atomic mass is 16.5. The van der Waals surface area contributed by atoms with Gasteiger partial charge in [-0.15, -0.1) is 0 Å². The number of hydrogen-bond donors (Lipinski definition) is 2. The Bertz CT molecular complexity index is 720. The maximum absolute atomic E-state index is 11.8. The summed E-state index contributed by atoms with van der Waals surface area (Å²) in [5.41, 5.74) is 4.63. The topological polar surface area (TPSA) is 74.0 Å². The summed E-state index contributed by atoms with van der Waals surface area (Å²) in [5.74, 6) is 0.342. The van der Waals surface area contributed by atoms with Crippen LogP contribution in [0.25, 0.3) is 0 Å². The molecule has 0 radical (unpaired) electrons. The molecule has 6 heteroatoms. The first kappa shape index (κ1) is 15.8. The molecule has 0 fully saturated rings. The molecule has 0 atom stereocenters. The Morgan fingerprint density at radius 2 is 2.09 bits per heavy atom. The van der Waals surface area contributed by atoms with Crippen molar-refractivity contribution in [2.75, 3.05) is 14.2 Å². The molecule has 0 spiro atoms. The maximum atomic E-state index is 11.8. The summed E-state index contributed by atoms with van der Waals surface area (Å²) in [7, 11) is 3.54. The van der Waals surface area contributed by atoms with Gasteiger partial charge in [0.05, 0.1) is 12.8 Å². The van der Waals surface area contributed by atoms with Gasteiger partial charge >= 0.3 is 0 Å². The molecule has 6 nitrogen and oxygen atoms in total. The lowest BCUT2D eigenvalue weighted by atomic mass is 10.1. The minimum atomic E-state index is -0.0942. The molecule has 0 saturated carbocycles. The molecule has 1 aliphatic rings. The number of aromatic nitrogens is 3. The third-order valence-corrected chi connectivity index (χ3v) is 4.41. The van der Waals surface area contributed by atoms with Crippen LogP contribution in [0, 0.1) is 0 Å². The number of methoxy groups -OCH3 is 1. The van der Waals surface area contributed by atoms with Crippen LogP contribution in [0.2, 0.25) is 0 Å². The molecule has 2 N–H and O–H groups in total. The first-order chi connectivity index (χ1) is 11.2. The zero-order valence-electron chi connectivity index (χ0n) is 13.8. The van der Waals surface area contributed by atoms with Gasteiger partial charge in [0.25, 0.3) is 0 Å². The van der Waals surface area contributed by atoms with Gasteiger partial charge in [-0.1, -0.05) is 6.42 Å². The minimum absolute atomic E-state index is 0.0942. The molecule has 3 rings (SSSR count). The second-order valence-electron chi connectivity index (χ2n) is 6.25. The van der Waals surface area contributed by atoms with Gasteiger partial charge in [0.15, 0.2) is 5.75 Å². The van der Waals surface area contributed by atoms with Crippen LogP contribution in [0.3, 0.4) is 0 Å². The lowest BCUT2D eigenvalue weighted by Gasteiger charge is -2.16.